The first kappa shape index (κ1) is 10.7. The van der Waals surface area contributed by atoms with Crippen LogP contribution in [-0.2, 0) is 11.2 Å². The Morgan fingerprint density at radius 1 is 1.50 bits per heavy atom. The molecule has 1 atom stereocenters. The fourth-order valence-electron chi connectivity index (χ4n) is 1.20. The predicted octanol–water partition coefficient (Wildman–Crippen LogP) is 0.404. The molecular weight excluding hydrogens is 180 g/mol. The van der Waals surface area contributed by atoms with E-state index in [0.29, 0.717) is 11.5 Å². The van der Waals surface area contributed by atoms with Crippen molar-refractivity contribution >= 4 is 5.91 Å². The lowest BCUT2D eigenvalue weighted by Gasteiger charge is -2.14. The minimum atomic E-state index is -0.688. The van der Waals surface area contributed by atoms with Gasteiger partial charge in [-0.25, -0.2) is 5.06 Å². The van der Waals surface area contributed by atoms with Gasteiger partial charge < -0.3 is 5.73 Å². The lowest BCUT2D eigenvalue weighted by Crippen LogP contribution is -2.41. The van der Waals surface area contributed by atoms with Gasteiger partial charge in [-0.05, 0) is 12.0 Å². The molecule has 1 unspecified atom stereocenters. The van der Waals surface area contributed by atoms with E-state index in [1.807, 2.05) is 30.3 Å². The Morgan fingerprint density at radius 3 is 2.57 bits per heavy atom. The van der Waals surface area contributed by atoms with Crippen LogP contribution in [0.3, 0.4) is 0 Å². The maximum atomic E-state index is 11.2. The number of carbonyl (C=O) groups excluding carboxylic acids is 1. The van der Waals surface area contributed by atoms with Crippen molar-refractivity contribution in [3.8, 4) is 0 Å². The van der Waals surface area contributed by atoms with Crippen LogP contribution >= 0.6 is 0 Å². The number of hydrogen-bond donors (Lipinski definition) is 2. The number of nitrogens with zero attached hydrogens (tertiary/aromatic N) is 1. The van der Waals surface area contributed by atoms with Crippen molar-refractivity contribution in [3.63, 3.8) is 0 Å². The zero-order valence-corrected chi connectivity index (χ0v) is 8.05. The molecule has 0 aliphatic rings. The topological polar surface area (TPSA) is 66.6 Å². The van der Waals surface area contributed by atoms with Crippen LogP contribution in [0.5, 0.6) is 0 Å². The highest BCUT2D eigenvalue weighted by atomic mass is 16.5. The van der Waals surface area contributed by atoms with Crippen LogP contribution in [0.15, 0.2) is 30.3 Å². The highest BCUT2D eigenvalue weighted by Crippen LogP contribution is 2.02. The number of rotatable bonds is 3. The molecule has 0 spiro atoms. The van der Waals surface area contributed by atoms with Crippen LogP contribution in [0.4, 0.5) is 0 Å². The lowest BCUT2D eigenvalue weighted by atomic mass is 10.1. The number of nitrogens with two attached hydrogens (primary N) is 1. The van der Waals surface area contributed by atoms with E-state index in [4.69, 9.17) is 10.9 Å². The average molecular weight is 194 g/mol. The Kier molecular flexibility index (Phi) is 3.62. The summed E-state index contributed by atoms with van der Waals surface area (Å²) in [7, 11) is 1.27. The Morgan fingerprint density at radius 2 is 2.07 bits per heavy atom. The normalized spacial score (nSPS) is 12.2. The van der Waals surface area contributed by atoms with Gasteiger partial charge in [-0.1, -0.05) is 30.3 Å². The van der Waals surface area contributed by atoms with Crippen molar-refractivity contribution in [3.05, 3.63) is 35.9 Å². The third kappa shape index (κ3) is 2.83. The highest BCUT2D eigenvalue weighted by Gasteiger charge is 2.16. The van der Waals surface area contributed by atoms with E-state index in [1.165, 1.54) is 7.05 Å². The summed E-state index contributed by atoms with van der Waals surface area (Å²) in [6, 6.07) is 8.77. The molecular formula is C10H14N2O2. The van der Waals surface area contributed by atoms with Crippen LogP contribution in [0.2, 0.25) is 0 Å². The molecule has 0 fully saturated rings. The molecule has 3 N–H and O–H groups in total. The highest BCUT2D eigenvalue weighted by molar-refractivity contribution is 5.80. The van der Waals surface area contributed by atoms with Crippen molar-refractivity contribution in [2.75, 3.05) is 7.05 Å². The molecule has 4 heteroatoms. The third-order valence-corrected chi connectivity index (χ3v) is 1.93. The van der Waals surface area contributed by atoms with Gasteiger partial charge in [0.05, 0.1) is 6.04 Å². The molecule has 4 nitrogen and oxygen atoms in total. The van der Waals surface area contributed by atoms with Gasteiger partial charge in [-0.2, -0.15) is 0 Å². The van der Waals surface area contributed by atoms with Crippen molar-refractivity contribution in [1.82, 2.24) is 5.06 Å². The summed E-state index contributed by atoms with van der Waals surface area (Å²) < 4.78 is 0. The molecule has 0 heterocycles. The molecule has 1 aromatic carbocycles. The van der Waals surface area contributed by atoms with Gasteiger partial charge in [-0.3, -0.25) is 10.0 Å². The third-order valence-electron chi connectivity index (χ3n) is 1.93. The summed E-state index contributed by atoms with van der Waals surface area (Å²) in [5.41, 5.74) is 6.58. The van der Waals surface area contributed by atoms with Crippen LogP contribution in [0.1, 0.15) is 5.56 Å². The van der Waals surface area contributed by atoms with Gasteiger partial charge in [-0.15, -0.1) is 0 Å². The Balaban J connectivity index is 2.57. The fraction of sp³-hybridized carbons (Fsp3) is 0.300. The molecule has 0 aliphatic heterocycles. The van der Waals surface area contributed by atoms with E-state index >= 15 is 0 Å². The standard InChI is InChI=1S/C10H14N2O2/c1-12(14)10(13)9(11)7-8-5-3-2-4-6-8/h2-6,9,14H,7,11H2,1H3. The zero-order valence-electron chi connectivity index (χ0n) is 8.05. The predicted molar refractivity (Wildman–Crippen MR) is 52.7 cm³/mol. The molecule has 0 aliphatic carbocycles. The first-order valence-electron chi connectivity index (χ1n) is 4.37. The van der Waals surface area contributed by atoms with E-state index in [2.05, 4.69) is 0 Å². The Labute approximate surface area is 82.9 Å². The summed E-state index contributed by atoms with van der Waals surface area (Å²) in [4.78, 5) is 11.2. The smallest absolute Gasteiger partial charge is 0.262 e. The van der Waals surface area contributed by atoms with Crippen molar-refractivity contribution in [2.24, 2.45) is 5.73 Å². The molecule has 1 rings (SSSR count). The van der Waals surface area contributed by atoms with Gasteiger partial charge in [0.15, 0.2) is 0 Å². The molecule has 0 aromatic heterocycles. The van der Waals surface area contributed by atoms with E-state index in [-0.39, 0.29) is 0 Å². The van der Waals surface area contributed by atoms with Gasteiger partial charge in [0.25, 0.3) is 5.91 Å². The minimum absolute atomic E-state index is 0.435. The first-order chi connectivity index (χ1) is 6.61. The van der Waals surface area contributed by atoms with Crippen molar-refractivity contribution in [2.45, 2.75) is 12.5 Å². The largest absolute Gasteiger partial charge is 0.320 e. The fourth-order valence-corrected chi connectivity index (χ4v) is 1.20. The summed E-state index contributed by atoms with van der Waals surface area (Å²) in [6.45, 7) is 0. The van der Waals surface area contributed by atoms with Gasteiger partial charge in [0.1, 0.15) is 0 Å². The lowest BCUT2D eigenvalue weighted by molar-refractivity contribution is -0.160. The van der Waals surface area contributed by atoms with Crippen molar-refractivity contribution < 1.29 is 10.0 Å². The van der Waals surface area contributed by atoms with Gasteiger partial charge in [0, 0.05) is 7.05 Å². The minimum Gasteiger partial charge on any atom is -0.320 e. The van der Waals surface area contributed by atoms with Crippen LogP contribution in [-0.4, -0.2) is 29.3 Å². The molecule has 0 saturated heterocycles. The quantitative estimate of drug-likeness (QED) is 0.541. The SMILES string of the molecule is CN(O)C(=O)C(N)Cc1ccccc1. The summed E-state index contributed by atoms with van der Waals surface area (Å²) in [6.07, 6.45) is 0.435. The second kappa shape index (κ2) is 4.74. The number of amides is 1. The summed E-state index contributed by atoms with van der Waals surface area (Å²) in [5.74, 6) is -0.478. The molecule has 1 amide bonds. The van der Waals surface area contributed by atoms with Crippen LogP contribution in [0.25, 0.3) is 0 Å². The molecule has 76 valence electrons. The first-order valence-corrected chi connectivity index (χ1v) is 4.37. The monoisotopic (exact) mass is 194 g/mol. The van der Waals surface area contributed by atoms with E-state index in [9.17, 15) is 4.79 Å². The number of likely N-dealkylation sites (N-methyl/N-ethyl adjacent to an activating group) is 1. The van der Waals surface area contributed by atoms with E-state index in [1.54, 1.807) is 0 Å². The van der Waals surface area contributed by atoms with E-state index in [0.717, 1.165) is 5.56 Å². The molecule has 1 aromatic rings. The van der Waals surface area contributed by atoms with Crippen LogP contribution < -0.4 is 5.73 Å². The Bertz CT molecular complexity index is 298. The maximum absolute atomic E-state index is 11.2. The van der Waals surface area contributed by atoms with E-state index < -0.39 is 11.9 Å². The molecule has 0 saturated carbocycles. The number of benzene rings is 1. The van der Waals surface area contributed by atoms with Gasteiger partial charge >= 0.3 is 0 Å². The molecule has 0 bridgehead atoms. The second-order valence-electron chi connectivity index (χ2n) is 3.16. The average Bonchev–Trinajstić information content (AvgIpc) is 2.18. The second-order valence-corrected chi connectivity index (χ2v) is 3.16. The molecule has 14 heavy (non-hydrogen) atoms. The zero-order chi connectivity index (χ0) is 10.6. The number of carbonyl (C=O) groups is 1. The van der Waals surface area contributed by atoms with Crippen LogP contribution in [0, 0.1) is 0 Å². The number of hydroxylamine groups is 2. The molecule has 0 radical (unpaired) electrons. The van der Waals surface area contributed by atoms with Crippen molar-refractivity contribution in [1.29, 1.82) is 0 Å². The summed E-state index contributed by atoms with van der Waals surface area (Å²) in [5, 5.41) is 9.39. The summed E-state index contributed by atoms with van der Waals surface area (Å²) >= 11 is 0. The Hall–Kier alpha value is -1.39. The number of hydrogen-bond acceptors (Lipinski definition) is 3. The van der Waals surface area contributed by atoms with Gasteiger partial charge in [0.2, 0.25) is 0 Å². The maximum Gasteiger partial charge on any atom is 0.262 e.